The lowest BCUT2D eigenvalue weighted by atomic mass is 9.97. The first-order valence-corrected chi connectivity index (χ1v) is 7.94. The van der Waals surface area contributed by atoms with Crippen LogP contribution in [0.25, 0.3) is 11.1 Å². The van der Waals surface area contributed by atoms with Crippen LogP contribution in [0.2, 0.25) is 5.02 Å². The Morgan fingerprint density at radius 1 is 1.12 bits per heavy atom. The summed E-state index contributed by atoms with van der Waals surface area (Å²) >= 11 is 6.09. The highest BCUT2D eigenvalue weighted by Gasteiger charge is 2.09. The van der Waals surface area contributed by atoms with Gasteiger partial charge in [0.05, 0.1) is 0 Å². The second kappa shape index (κ2) is 7.28. The fourth-order valence-electron chi connectivity index (χ4n) is 2.53. The van der Waals surface area contributed by atoms with E-state index in [1.165, 1.54) is 17.3 Å². The maximum Gasteiger partial charge on any atom is 0.232 e. The van der Waals surface area contributed by atoms with Crippen molar-refractivity contribution >= 4 is 17.9 Å². The molecule has 0 saturated carbocycles. The van der Waals surface area contributed by atoms with E-state index in [4.69, 9.17) is 16.3 Å². The van der Waals surface area contributed by atoms with E-state index in [1.54, 1.807) is 6.07 Å². The molecule has 1 aromatic heterocycles. The molecule has 0 spiro atoms. The van der Waals surface area contributed by atoms with Crippen LogP contribution in [0, 0.1) is 6.92 Å². The highest BCUT2D eigenvalue weighted by atomic mass is 35.5. The summed E-state index contributed by atoms with van der Waals surface area (Å²) in [6.45, 7) is 2.44. The van der Waals surface area contributed by atoms with Gasteiger partial charge in [0.15, 0.2) is 6.29 Å². The van der Waals surface area contributed by atoms with E-state index >= 15 is 0 Å². The summed E-state index contributed by atoms with van der Waals surface area (Å²) in [7, 11) is 0. The van der Waals surface area contributed by atoms with Crippen LogP contribution in [0.1, 0.15) is 21.5 Å². The summed E-state index contributed by atoms with van der Waals surface area (Å²) in [6, 6.07) is 17.9. The van der Waals surface area contributed by atoms with Crippen molar-refractivity contribution in [3.05, 3.63) is 82.5 Å². The molecule has 4 heteroatoms. The van der Waals surface area contributed by atoms with Gasteiger partial charge in [0.25, 0.3) is 0 Å². The molecule has 0 aliphatic heterocycles. The monoisotopic (exact) mass is 337 g/mol. The first-order chi connectivity index (χ1) is 11.7. The molecule has 0 atom stereocenters. The number of benzene rings is 2. The van der Waals surface area contributed by atoms with Crippen LogP contribution >= 0.6 is 11.6 Å². The zero-order valence-electron chi connectivity index (χ0n) is 13.2. The van der Waals surface area contributed by atoms with E-state index in [-0.39, 0.29) is 0 Å². The molecule has 0 unspecified atom stereocenters. The van der Waals surface area contributed by atoms with Gasteiger partial charge in [0, 0.05) is 11.8 Å². The molecule has 0 aliphatic rings. The van der Waals surface area contributed by atoms with Crippen molar-refractivity contribution in [3.63, 3.8) is 0 Å². The van der Waals surface area contributed by atoms with Crippen molar-refractivity contribution in [2.45, 2.75) is 13.5 Å². The minimum Gasteiger partial charge on any atom is -0.472 e. The molecule has 1 heterocycles. The quantitative estimate of drug-likeness (QED) is 0.608. The maximum absolute atomic E-state index is 10.7. The summed E-state index contributed by atoms with van der Waals surface area (Å²) < 4.78 is 5.74. The molecule has 24 heavy (non-hydrogen) atoms. The van der Waals surface area contributed by atoms with Gasteiger partial charge in [-0.1, -0.05) is 60.1 Å². The van der Waals surface area contributed by atoms with Crippen LogP contribution in [0.15, 0.2) is 60.8 Å². The number of nitrogens with zero attached hydrogens (tertiary/aromatic N) is 1. The van der Waals surface area contributed by atoms with Gasteiger partial charge >= 0.3 is 0 Å². The van der Waals surface area contributed by atoms with E-state index in [1.807, 2.05) is 30.3 Å². The van der Waals surface area contributed by atoms with Crippen LogP contribution in [-0.4, -0.2) is 11.3 Å². The van der Waals surface area contributed by atoms with Gasteiger partial charge in [0.1, 0.15) is 11.6 Å². The SMILES string of the molecule is Cc1c(COc2ncc(C=O)cc2Cl)cccc1-c1ccccc1. The van der Waals surface area contributed by atoms with Crippen molar-refractivity contribution in [1.29, 1.82) is 0 Å². The highest BCUT2D eigenvalue weighted by Crippen LogP contribution is 2.27. The molecule has 0 aliphatic carbocycles. The minimum absolute atomic E-state index is 0.326. The number of halogens is 1. The summed E-state index contributed by atoms with van der Waals surface area (Å²) in [6.07, 6.45) is 2.15. The van der Waals surface area contributed by atoms with E-state index in [0.717, 1.165) is 11.1 Å². The molecular formula is C20H16ClNO2. The van der Waals surface area contributed by atoms with Gasteiger partial charge in [-0.25, -0.2) is 4.98 Å². The smallest absolute Gasteiger partial charge is 0.232 e. The van der Waals surface area contributed by atoms with Crippen LogP contribution in [0.3, 0.4) is 0 Å². The van der Waals surface area contributed by atoms with Gasteiger partial charge < -0.3 is 4.74 Å². The van der Waals surface area contributed by atoms with E-state index in [2.05, 4.69) is 30.1 Å². The average molecular weight is 338 g/mol. The number of hydrogen-bond donors (Lipinski definition) is 0. The fraction of sp³-hybridized carbons (Fsp3) is 0.100. The van der Waals surface area contributed by atoms with Crippen molar-refractivity contribution < 1.29 is 9.53 Å². The largest absolute Gasteiger partial charge is 0.472 e. The van der Waals surface area contributed by atoms with Crippen LogP contribution < -0.4 is 4.74 Å². The van der Waals surface area contributed by atoms with Crippen molar-refractivity contribution in [1.82, 2.24) is 4.98 Å². The number of carbonyl (C=O) groups is 1. The maximum atomic E-state index is 10.7. The fourth-order valence-corrected chi connectivity index (χ4v) is 2.76. The average Bonchev–Trinajstić information content (AvgIpc) is 2.62. The Labute approximate surface area is 145 Å². The Morgan fingerprint density at radius 3 is 2.62 bits per heavy atom. The molecule has 2 aromatic carbocycles. The predicted octanol–water partition coefficient (Wildman–Crippen LogP) is 5.10. The van der Waals surface area contributed by atoms with Crippen LogP contribution in [0.5, 0.6) is 5.88 Å². The standard InChI is InChI=1S/C20H16ClNO2/c1-14-17(8-5-9-18(14)16-6-3-2-4-7-16)13-24-20-19(21)10-15(12-23)11-22-20/h2-12H,13H2,1H3. The number of rotatable bonds is 5. The molecule has 0 fully saturated rings. The van der Waals surface area contributed by atoms with Gasteiger partial charge in [-0.3, -0.25) is 4.79 Å². The molecule has 0 N–H and O–H groups in total. The Balaban J connectivity index is 1.83. The Morgan fingerprint density at radius 2 is 1.92 bits per heavy atom. The number of aldehydes is 1. The van der Waals surface area contributed by atoms with Gasteiger partial charge in [-0.15, -0.1) is 0 Å². The van der Waals surface area contributed by atoms with Crippen molar-refractivity contribution in [3.8, 4) is 17.0 Å². The van der Waals surface area contributed by atoms with Crippen molar-refractivity contribution in [2.75, 3.05) is 0 Å². The lowest BCUT2D eigenvalue weighted by Gasteiger charge is -2.13. The van der Waals surface area contributed by atoms with Gasteiger partial charge in [-0.2, -0.15) is 0 Å². The molecule has 0 bridgehead atoms. The summed E-state index contributed by atoms with van der Waals surface area (Å²) in [5, 5.41) is 0.330. The summed E-state index contributed by atoms with van der Waals surface area (Å²) in [5.41, 5.74) is 4.99. The first-order valence-electron chi connectivity index (χ1n) is 7.56. The number of ether oxygens (including phenoxy) is 1. The molecule has 0 radical (unpaired) electrons. The topological polar surface area (TPSA) is 39.2 Å². The minimum atomic E-state index is 0.326. The van der Waals surface area contributed by atoms with Crippen LogP contribution in [0.4, 0.5) is 0 Å². The zero-order chi connectivity index (χ0) is 16.9. The highest BCUT2D eigenvalue weighted by molar-refractivity contribution is 6.32. The van der Waals surface area contributed by atoms with Gasteiger partial charge in [0.2, 0.25) is 5.88 Å². The first kappa shape index (κ1) is 16.2. The van der Waals surface area contributed by atoms with Gasteiger partial charge in [-0.05, 0) is 35.2 Å². The lowest BCUT2D eigenvalue weighted by molar-refractivity contribution is 0.112. The Hall–Kier alpha value is -2.65. The van der Waals surface area contributed by atoms with Crippen molar-refractivity contribution in [2.24, 2.45) is 0 Å². The molecule has 0 saturated heterocycles. The number of pyridine rings is 1. The van der Waals surface area contributed by atoms with E-state index in [0.29, 0.717) is 29.4 Å². The Bertz CT molecular complexity index is 863. The van der Waals surface area contributed by atoms with E-state index in [9.17, 15) is 4.79 Å². The Kier molecular flexibility index (Phi) is 4.92. The summed E-state index contributed by atoms with van der Waals surface area (Å²) in [4.78, 5) is 14.8. The molecule has 120 valence electrons. The number of hydrogen-bond acceptors (Lipinski definition) is 3. The molecule has 3 nitrogen and oxygen atoms in total. The zero-order valence-corrected chi connectivity index (χ0v) is 14.0. The third-order valence-electron chi connectivity index (χ3n) is 3.86. The third-order valence-corrected chi connectivity index (χ3v) is 4.13. The lowest BCUT2D eigenvalue weighted by Crippen LogP contribution is -2.01. The number of aromatic nitrogens is 1. The molecule has 3 aromatic rings. The third kappa shape index (κ3) is 3.47. The normalized spacial score (nSPS) is 10.4. The molecule has 3 rings (SSSR count). The van der Waals surface area contributed by atoms with E-state index < -0.39 is 0 Å². The molecular weight excluding hydrogens is 322 g/mol. The predicted molar refractivity (Wildman–Crippen MR) is 95.6 cm³/mol. The second-order valence-corrected chi connectivity index (χ2v) is 5.83. The summed E-state index contributed by atoms with van der Waals surface area (Å²) in [5.74, 6) is 0.326. The molecule has 0 amide bonds. The number of carbonyl (C=O) groups excluding carboxylic acids is 1. The second-order valence-electron chi connectivity index (χ2n) is 5.42. The van der Waals surface area contributed by atoms with Crippen LogP contribution in [-0.2, 0) is 6.61 Å².